The van der Waals surface area contributed by atoms with E-state index in [2.05, 4.69) is 31.4 Å². The zero-order valence-electron chi connectivity index (χ0n) is 12.0. The predicted octanol–water partition coefficient (Wildman–Crippen LogP) is 2.70. The molecule has 0 saturated heterocycles. The van der Waals surface area contributed by atoms with Crippen LogP contribution in [0.4, 0.5) is 5.69 Å². The van der Waals surface area contributed by atoms with Crippen molar-refractivity contribution in [2.45, 2.75) is 6.10 Å². The van der Waals surface area contributed by atoms with E-state index in [1.165, 1.54) is 0 Å². The number of halogens is 1. The van der Waals surface area contributed by atoms with Crippen LogP contribution in [0, 0.1) is 0 Å². The van der Waals surface area contributed by atoms with Gasteiger partial charge in [0.15, 0.2) is 6.10 Å². The molecule has 1 heterocycles. The van der Waals surface area contributed by atoms with Gasteiger partial charge in [-0.05, 0) is 42.5 Å². The molecule has 0 radical (unpaired) electrons. The number of H-pyrrole nitrogens is 1. The smallest absolute Gasteiger partial charge is 0.256 e. The molecule has 0 bridgehead atoms. The van der Waals surface area contributed by atoms with Gasteiger partial charge in [0, 0.05) is 15.5 Å². The molecule has 0 unspecified atom stereocenters. The van der Waals surface area contributed by atoms with Gasteiger partial charge in [0.25, 0.3) is 5.91 Å². The molecule has 7 heteroatoms. The molecule has 0 spiro atoms. The van der Waals surface area contributed by atoms with Crippen LogP contribution in [-0.2, 0) is 4.79 Å². The van der Waals surface area contributed by atoms with Gasteiger partial charge in [-0.25, -0.2) is 0 Å². The van der Waals surface area contributed by atoms with Crippen LogP contribution in [0.15, 0.2) is 53.1 Å². The molecule has 1 atom stereocenters. The summed E-state index contributed by atoms with van der Waals surface area (Å²) in [4.78, 5) is 12.0. The Morgan fingerprint density at radius 1 is 1.30 bits per heavy atom. The molecule has 2 aromatic carbocycles. The van der Waals surface area contributed by atoms with Gasteiger partial charge in [-0.1, -0.05) is 15.9 Å². The maximum atomic E-state index is 12.0. The SMILES string of the molecule is O=C(Nc1ccc2[nH]ncc2c1)[C@H](O)COc1ccc(Br)cc1. The number of hydrogen-bond acceptors (Lipinski definition) is 4. The molecule has 1 aromatic heterocycles. The van der Waals surface area contributed by atoms with E-state index in [0.29, 0.717) is 11.4 Å². The number of nitrogens with zero attached hydrogens (tertiary/aromatic N) is 1. The molecular weight excluding hydrogens is 362 g/mol. The lowest BCUT2D eigenvalue weighted by molar-refractivity contribution is -0.125. The first-order chi connectivity index (χ1) is 11.1. The zero-order valence-corrected chi connectivity index (χ0v) is 13.6. The monoisotopic (exact) mass is 375 g/mol. The summed E-state index contributed by atoms with van der Waals surface area (Å²) in [5.41, 5.74) is 1.47. The van der Waals surface area contributed by atoms with Crippen LogP contribution in [0.2, 0.25) is 0 Å². The summed E-state index contributed by atoms with van der Waals surface area (Å²) in [6.45, 7) is -0.124. The van der Waals surface area contributed by atoms with Crippen molar-refractivity contribution in [2.24, 2.45) is 0 Å². The highest BCUT2D eigenvalue weighted by Gasteiger charge is 2.16. The van der Waals surface area contributed by atoms with Gasteiger partial charge in [-0.2, -0.15) is 5.10 Å². The molecule has 3 rings (SSSR count). The zero-order chi connectivity index (χ0) is 16.2. The number of fused-ring (bicyclic) bond motifs is 1. The van der Waals surface area contributed by atoms with Crippen LogP contribution in [-0.4, -0.2) is 33.9 Å². The number of amides is 1. The summed E-state index contributed by atoms with van der Waals surface area (Å²) in [5, 5.41) is 20.2. The van der Waals surface area contributed by atoms with Crippen LogP contribution in [0.3, 0.4) is 0 Å². The summed E-state index contributed by atoms with van der Waals surface area (Å²) in [5.74, 6) is 0.0600. The van der Waals surface area contributed by atoms with E-state index < -0.39 is 12.0 Å². The molecule has 0 aliphatic carbocycles. The number of aliphatic hydroxyl groups is 1. The number of anilines is 1. The van der Waals surface area contributed by atoms with Gasteiger partial charge in [-0.3, -0.25) is 9.89 Å². The normalized spacial score (nSPS) is 12.1. The van der Waals surface area contributed by atoms with Crippen LogP contribution in [0.25, 0.3) is 10.9 Å². The van der Waals surface area contributed by atoms with Crippen molar-refractivity contribution in [2.75, 3.05) is 11.9 Å². The van der Waals surface area contributed by atoms with Crippen molar-refractivity contribution in [3.05, 3.63) is 53.1 Å². The number of nitrogens with one attached hydrogen (secondary N) is 2. The second kappa shape index (κ2) is 6.80. The second-order valence-electron chi connectivity index (χ2n) is 4.94. The minimum Gasteiger partial charge on any atom is -0.490 e. The highest BCUT2D eigenvalue weighted by Crippen LogP contribution is 2.18. The van der Waals surface area contributed by atoms with Crippen molar-refractivity contribution >= 4 is 38.4 Å². The first kappa shape index (κ1) is 15.5. The number of hydrogen-bond donors (Lipinski definition) is 3. The number of ether oxygens (including phenoxy) is 1. The lowest BCUT2D eigenvalue weighted by atomic mass is 10.2. The van der Waals surface area contributed by atoms with Gasteiger partial charge >= 0.3 is 0 Å². The molecular formula is C16H14BrN3O3. The van der Waals surface area contributed by atoms with Crippen molar-refractivity contribution in [1.29, 1.82) is 0 Å². The first-order valence-corrected chi connectivity index (χ1v) is 7.71. The van der Waals surface area contributed by atoms with E-state index in [4.69, 9.17) is 4.74 Å². The van der Waals surface area contributed by atoms with E-state index in [9.17, 15) is 9.90 Å². The third-order valence-electron chi connectivity index (χ3n) is 3.23. The molecule has 3 aromatic rings. The number of rotatable bonds is 5. The van der Waals surface area contributed by atoms with Crippen LogP contribution >= 0.6 is 15.9 Å². The molecule has 118 valence electrons. The van der Waals surface area contributed by atoms with Gasteiger partial charge in [-0.15, -0.1) is 0 Å². The molecule has 23 heavy (non-hydrogen) atoms. The van der Waals surface area contributed by atoms with E-state index in [1.807, 2.05) is 18.2 Å². The summed E-state index contributed by atoms with van der Waals surface area (Å²) >= 11 is 3.32. The fourth-order valence-corrected chi connectivity index (χ4v) is 2.29. The van der Waals surface area contributed by atoms with Gasteiger partial charge in [0.1, 0.15) is 12.4 Å². The Kier molecular flexibility index (Phi) is 4.59. The van der Waals surface area contributed by atoms with Gasteiger partial charge in [0.05, 0.1) is 11.7 Å². The molecule has 3 N–H and O–H groups in total. The van der Waals surface area contributed by atoms with Crippen molar-refractivity contribution in [1.82, 2.24) is 10.2 Å². The van der Waals surface area contributed by atoms with Crippen molar-refractivity contribution in [3.8, 4) is 5.75 Å². The maximum Gasteiger partial charge on any atom is 0.256 e. The summed E-state index contributed by atoms with van der Waals surface area (Å²) < 4.78 is 6.32. The Hall–Kier alpha value is -2.38. The maximum absolute atomic E-state index is 12.0. The average Bonchev–Trinajstić information content (AvgIpc) is 3.01. The lowest BCUT2D eigenvalue weighted by Crippen LogP contribution is -2.32. The third-order valence-corrected chi connectivity index (χ3v) is 3.76. The van der Waals surface area contributed by atoms with E-state index in [1.54, 1.807) is 30.5 Å². The van der Waals surface area contributed by atoms with Crippen LogP contribution in [0.1, 0.15) is 0 Å². The quantitative estimate of drug-likeness (QED) is 0.639. The van der Waals surface area contributed by atoms with Crippen LogP contribution < -0.4 is 10.1 Å². The van der Waals surface area contributed by atoms with E-state index in [0.717, 1.165) is 15.4 Å². The number of aromatic nitrogens is 2. The number of carbonyl (C=O) groups excluding carboxylic acids is 1. The van der Waals surface area contributed by atoms with Crippen molar-refractivity contribution in [3.63, 3.8) is 0 Å². The largest absolute Gasteiger partial charge is 0.490 e. The molecule has 6 nitrogen and oxygen atoms in total. The number of benzene rings is 2. The standard InChI is InChI=1S/C16H14BrN3O3/c17-11-1-4-13(5-2-11)23-9-15(21)16(22)19-12-3-6-14-10(7-12)8-18-20-14/h1-8,15,21H,9H2,(H,18,20)(H,19,22)/t15-/m1/s1. The fraction of sp³-hybridized carbons (Fsp3) is 0.125. The molecule has 0 aliphatic heterocycles. The molecule has 0 fully saturated rings. The number of carbonyl (C=O) groups is 1. The highest BCUT2D eigenvalue weighted by molar-refractivity contribution is 9.10. The van der Waals surface area contributed by atoms with E-state index >= 15 is 0 Å². The Labute approximate surface area is 140 Å². The second-order valence-corrected chi connectivity index (χ2v) is 5.86. The first-order valence-electron chi connectivity index (χ1n) is 6.92. The molecule has 1 amide bonds. The molecule has 0 aliphatic rings. The summed E-state index contributed by atoms with van der Waals surface area (Å²) in [6, 6.07) is 12.5. The number of aromatic amines is 1. The Balaban J connectivity index is 1.57. The topological polar surface area (TPSA) is 87.2 Å². The van der Waals surface area contributed by atoms with Crippen molar-refractivity contribution < 1.29 is 14.6 Å². The van der Waals surface area contributed by atoms with E-state index in [-0.39, 0.29) is 6.61 Å². The average molecular weight is 376 g/mol. The summed E-state index contributed by atoms with van der Waals surface area (Å²) in [6.07, 6.45) is 0.400. The summed E-state index contributed by atoms with van der Waals surface area (Å²) in [7, 11) is 0. The predicted molar refractivity (Wildman–Crippen MR) is 90.4 cm³/mol. The number of aliphatic hydroxyl groups excluding tert-OH is 1. The third kappa shape index (κ3) is 3.88. The molecule has 0 saturated carbocycles. The van der Waals surface area contributed by atoms with Crippen LogP contribution in [0.5, 0.6) is 5.75 Å². The minimum atomic E-state index is -1.27. The fourth-order valence-electron chi connectivity index (χ4n) is 2.03. The Morgan fingerprint density at radius 3 is 2.87 bits per heavy atom. The highest BCUT2D eigenvalue weighted by atomic mass is 79.9. The van der Waals surface area contributed by atoms with Gasteiger partial charge < -0.3 is 15.2 Å². The minimum absolute atomic E-state index is 0.124. The Morgan fingerprint density at radius 2 is 2.09 bits per heavy atom. The lowest BCUT2D eigenvalue weighted by Gasteiger charge is -2.13. The van der Waals surface area contributed by atoms with Gasteiger partial charge in [0.2, 0.25) is 0 Å². The Bertz CT molecular complexity index is 817.